The summed E-state index contributed by atoms with van der Waals surface area (Å²) in [6.45, 7) is 5.63. The van der Waals surface area contributed by atoms with E-state index in [0.29, 0.717) is 18.4 Å². The molecule has 14 heavy (non-hydrogen) atoms. The van der Waals surface area contributed by atoms with Crippen LogP contribution in [-0.2, 0) is 9.53 Å². The summed E-state index contributed by atoms with van der Waals surface area (Å²) >= 11 is 5.84. The van der Waals surface area contributed by atoms with Crippen LogP contribution in [0.2, 0.25) is 0 Å². The number of alkyl halides is 1. The fourth-order valence-corrected chi connectivity index (χ4v) is 2.30. The molecule has 1 amide bonds. The van der Waals surface area contributed by atoms with E-state index in [0.717, 1.165) is 13.0 Å². The van der Waals surface area contributed by atoms with E-state index in [2.05, 4.69) is 6.92 Å². The van der Waals surface area contributed by atoms with Crippen LogP contribution >= 0.6 is 11.6 Å². The lowest BCUT2D eigenvalue weighted by atomic mass is 10.1. The van der Waals surface area contributed by atoms with E-state index in [1.165, 1.54) is 0 Å². The van der Waals surface area contributed by atoms with Crippen molar-refractivity contribution in [2.24, 2.45) is 5.92 Å². The standard InChI is InChI=1S/C10H18ClNO2/c1-3-14-7-10(13)12-5-4-8(2)9(12)6-11/h8-9H,3-7H2,1-2H3. The van der Waals surface area contributed by atoms with Crippen LogP contribution in [0.5, 0.6) is 0 Å². The highest BCUT2D eigenvalue weighted by Crippen LogP contribution is 2.24. The third-order valence-electron chi connectivity index (χ3n) is 2.79. The van der Waals surface area contributed by atoms with E-state index >= 15 is 0 Å². The molecular weight excluding hydrogens is 202 g/mol. The molecule has 0 spiro atoms. The first-order chi connectivity index (χ1) is 6.70. The number of rotatable bonds is 4. The van der Waals surface area contributed by atoms with Gasteiger partial charge >= 0.3 is 0 Å². The predicted octanol–water partition coefficient (Wildman–Crippen LogP) is 1.50. The summed E-state index contributed by atoms with van der Waals surface area (Å²) < 4.78 is 5.10. The van der Waals surface area contributed by atoms with Crippen LogP contribution in [0.3, 0.4) is 0 Å². The van der Waals surface area contributed by atoms with Gasteiger partial charge in [0.15, 0.2) is 0 Å². The van der Waals surface area contributed by atoms with Crippen LogP contribution in [0.15, 0.2) is 0 Å². The second-order valence-electron chi connectivity index (χ2n) is 3.71. The zero-order valence-electron chi connectivity index (χ0n) is 8.83. The molecule has 4 heteroatoms. The van der Waals surface area contributed by atoms with Crippen LogP contribution < -0.4 is 0 Å². The lowest BCUT2D eigenvalue weighted by molar-refractivity contribution is -0.136. The molecule has 82 valence electrons. The van der Waals surface area contributed by atoms with Crippen molar-refractivity contribution in [3.8, 4) is 0 Å². The minimum atomic E-state index is 0.0712. The second-order valence-corrected chi connectivity index (χ2v) is 4.02. The topological polar surface area (TPSA) is 29.5 Å². The van der Waals surface area contributed by atoms with Crippen LogP contribution in [-0.4, -0.2) is 42.5 Å². The maximum atomic E-state index is 11.7. The van der Waals surface area contributed by atoms with Gasteiger partial charge in [-0.3, -0.25) is 4.79 Å². The number of ether oxygens (including phenoxy) is 1. The van der Waals surface area contributed by atoms with E-state index in [1.807, 2.05) is 11.8 Å². The van der Waals surface area contributed by atoms with Crippen LogP contribution in [0, 0.1) is 5.92 Å². The Hall–Kier alpha value is -0.280. The van der Waals surface area contributed by atoms with Crippen LogP contribution in [0.25, 0.3) is 0 Å². The molecule has 2 unspecified atom stereocenters. The summed E-state index contributed by atoms with van der Waals surface area (Å²) in [6.07, 6.45) is 1.05. The Morgan fingerprint density at radius 1 is 1.64 bits per heavy atom. The molecule has 0 aromatic rings. The molecule has 1 aliphatic rings. The largest absolute Gasteiger partial charge is 0.372 e. The average molecular weight is 220 g/mol. The highest BCUT2D eigenvalue weighted by Gasteiger charge is 2.33. The zero-order valence-corrected chi connectivity index (χ0v) is 9.59. The van der Waals surface area contributed by atoms with Crippen molar-refractivity contribution in [1.82, 2.24) is 4.90 Å². The Morgan fingerprint density at radius 2 is 2.36 bits per heavy atom. The first-order valence-corrected chi connectivity index (χ1v) is 5.67. The number of amides is 1. The predicted molar refractivity (Wildman–Crippen MR) is 56.5 cm³/mol. The Balaban J connectivity index is 2.46. The lowest BCUT2D eigenvalue weighted by Gasteiger charge is -2.24. The second kappa shape index (κ2) is 5.56. The molecule has 0 aromatic heterocycles. The van der Waals surface area contributed by atoms with Gasteiger partial charge in [0.2, 0.25) is 5.91 Å². The molecule has 0 aliphatic carbocycles. The quantitative estimate of drug-likeness (QED) is 0.671. The Kier molecular flexibility index (Phi) is 4.69. The third kappa shape index (κ3) is 2.61. The molecule has 2 atom stereocenters. The number of hydrogen-bond donors (Lipinski definition) is 0. The normalized spacial score (nSPS) is 26.9. The van der Waals surface area contributed by atoms with Gasteiger partial charge < -0.3 is 9.64 Å². The van der Waals surface area contributed by atoms with E-state index in [1.54, 1.807) is 0 Å². The molecule has 1 fully saturated rings. The molecule has 0 radical (unpaired) electrons. The fraction of sp³-hybridized carbons (Fsp3) is 0.900. The van der Waals surface area contributed by atoms with Gasteiger partial charge in [0.25, 0.3) is 0 Å². The summed E-state index contributed by atoms with van der Waals surface area (Å²) in [4.78, 5) is 13.5. The van der Waals surface area contributed by atoms with E-state index in [-0.39, 0.29) is 18.6 Å². The molecule has 0 N–H and O–H groups in total. The van der Waals surface area contributed by atoms with Crippen molar-refractivity contribution in [2.45, 2.75) is 26.3 Å². The van der Waals surface area contributed by atoms with Crippen molar-refractivity contribution >= 4 is 17.5 Å². The van der Waals surface area contributed by atoms with E-state index in [4.69, 9.17) is 16.3 Å². The number of hydrogen-bond acceptors (Lipinski definition) is 2. The van der Waals surface area contributed by atoms with E-state index < -0.39 is 0 Å². The van der Waals surface area contributed by atoms with Crippen LogP contribution in [0.4, 0.5) is 0 Å². The van der Waals surface area contributed by atoms with Gasteiger partial charge in [-0.25, -0.2) is 0 Å². The minimum absolute atomic E-state index is 0.0712. The van der Waals surface area contributed by atoms with Gasteiger partial charge in [-0.15, -0.1) is 11.6 Å². The van der Waals surface area contributed by atoms with Crippen molar-refractivity contribution in [1.29, 1.82) is 0 Å². The molecule has 0 aromatic carbocycles. The van der Waals surface area contributed by atoms with E-state index in [9.17, 15) is 4.79 Å². The van der Waals surface area contributed by atoms with Gasteiger partial charge in [-0.1, -0.05) is 6.92 Å². The number of carbonyl (C=O) groups is 1. The third-order valence-corrected chi connectivity index (χ3v) is 3.11. The molecule has 3 nitrogen and oxygen atoms in total. The van der Waals surface area contributed by atoms with Crippen molar-refractivity contribution in [2.75, 3.05) is 25.6 Å². The molecule has 1 aliphatic heterocycles. The monoisotopic (exact) mass is 219 g/mol. The number of likely N-dealkylation sites (tertiary alicyclic amines) is 1. The maximum Gasteiger partial charge on any atom is 0.248 e. The number of nitrogens with zero attached hydrogens (tertiary/aromatic N) is 1. The SMILES string of the molecule is CCOCC(=O)N1CCC(C)C1CCl. The summed E-state index contributed by atoms with van der Waals surface area (Å²) in [5, 5.41) is 0. The maximum absolute atomic E-state index is 11.7. The summed E-state index contributed by atoms with van der Waals surface area (Å²) in [7, 11) is 0. The summed E-state index contributed by atoms with van der Waals surface area (Å²) in [6, 6.07) is 0.199. The van der Waals surface area contributed by atoms with Gasteiger partial charge in [0, 0.05) is 25.1 Å². The van der Waals surface area contributed by atoms with Crippen molar-refractivity contribution < 1.29 is 9.53 Å². The average Bonchev–Trinajstić information content (AvgIpc) is 2.55. The highest BCUT2D eigenvalue weighted by atomic mass is 35.5. The lowest BCUT2D eigenvalue weighted by Crippen LogP contribution is -2.40. The number of halogens is 1. The molecule has 1 saturated heterocycles. The fourth-order valence-electron chi connectivity index (χ4n) is 1.83. The van der Waals surface area contributed by atoms with Gasteiger partial charge in [-0.05, 0) is 19.3 Å². The first kappa shape index (κ1) is 11.8. The molecule has 0 saturated carbocycles. The highest BCUT2D eigenvalue weighted by molar-refractivity contribution is 6.18. The van der Waals surface area contributed by atoms with Gasteiger partial charge in [-0.2, -0.15) is 0 Å². The Labute approximate surface area is 90.4 Å². The Morgan fingerprint density at radius 3 is 2.93 bits per heavy atom. The first-order valence-electron chi connectivity index (χ1n) is 5.13. The van der Waals surface area contributed by atoms with Gasteiger partial charge in [0.05, 0.1) is 0 Å². The van der Waals surface area contributed by atoms with Crippen molar-refractivity contribution in [3.63, 3.8) is 0 Å². The minimum Gasteiger partial charge on any atom is -0.372 e. The van der Waals surface area contributed by atoms with Gasteiger partial charge in [0.1, 0.15) is 6.61 Å². The molecule has 0 bridgehead atoms. The van der Waals surface area contributed by atoms with Crippen molar-refractivity contribution in [3.05, 3.63) is 0 Å². The number of carbonyl (C=O) groups excluding carboxylic acids is 1. The van der Waals surface area contributed by atoms with Crippen LogP contribution in [0.1, 0.15) is 20.3 Å². The Bertz CT molecular complexity index is 199. The molecule has 1 rings (SSSR count). The molecule has 1 heterocycles. The smallest absolute Gasteiger partial charge is 0.248 e. The molecular formula is C10H18ClNO2. The summed E-state index contributed by atoms with van der Waals surface area (Å²) in [5.41, 5.74) is 0. The summed E-state index contributed by atoms with van der Waals surface area (Å²) in [5.74, 6) is 1.11. The zero-order chi connectivity index (χ0) is 10.6.